The lowest BCUT2D eigenvalue weighted by Crippen LogP contribution is -2.07. The molecule has 174 valence electrons. The summed E-state index contributed by atoms with van der Waals surface area (Å²) in [5, 5.41) is 8.26. The molecule has 8 heteroatoms. The third-order valence-corrected chi connectivity index (χ3v) is 4.80. The first kappa shape index (κ1) is 23.1. The van der Waals surface area contributed by atoms with Crippen molar-refractivity contribution in [2.24, 2.45) is 0 Å². The fourth-order valence-electron chi connectivity index (χ4n) is 3.03. The predicted octanol–water partition coefficient (Wildman–Crippen LogP) is 6.23. The van der Waals surface area contributed by atoms with Crippen LogP contribution in [0.1, 0.15) is 22.4 Å². The molecular weight excluding hydrogens is 445 g/mol. The minimum absolute atomic E-state index is 0.000966. The van der Waals surface area contributed by atoms with Gasteiger partial charge in [-0.2, -0.15) is 13.2 Å². The summed E-state index contributed by atoms with van der Waals surface area (Å²) in [7, 11) is 0. The van der Waals surface area contributed by atoms with Crippen LogP contribution in [0, 0.1) is 0 Å². The molecule has 0 amide bonds. The van der Waals surface area contributed by atoms with Crippen LogP contribution in [0.4, 0.5) is 13.2 Å². The summed E-state index contributed by atoms with van der Waals surface area (Å²) >= 11 is 0. The highest BCUT2D eigenvalue weighted by Crippen LogP contribution is 2.31. The van der Waals surface area contributed by atoms with E-state index in [0.29, 0.717) is 24.7 Å². The maximum atomic E-state index is 12.7. The van der Waals surface area contributed by atoms with Gasteiger partial charge in [-0.1, -0.05) is 60.7 Å². The fourth-order valence-corrected chi connectivity index (χ4v) is 3.03. The quantitative estimate of drug-likeness (QED) is 0.293. The van der Waals surface area contributed by atoms with Crippen LogP contribution in [-0.4, -0.2) is 10.2 Å². The second kappa shape index (κ2) is 10.7. The Hall–Kier alpha value is -4.07. The molecule has 1 heterocycles. The predicted molar refractivity (Wildman–Crippen MR) is 119 cm³/mol. The molecule has 5 nitrogen and oxygen atoms in total. The molecule has 0 aliphatic carbocycles. The zero-order valence-corrected chi connectivity index (χ0v) is 18.0. The lowest BCUT2D eigenvalue weighted by Gasteiger charge is -2.13. The Morgan fingerprint density at radius 2 is 1.21 bits per heavy atom. The fraction of sp³-hybridized carbons (Fsp3) is 0.154. The van der Waals surface area contributed by atoms with Crippen molar-refractivity contribution >= 4 is 0 Å². The minimum atomic E-state index is -4.40. The first-order valence-corrected chi connectivity index (χ1v) is 10.5. The molecule has 0 spiro atoms. The third kappa shape index (κ3) is 6.48. The molecule has 0 unspecified atom stereocenters. The van der Waals surface area contributed by atoms with Crippen molar-refractivity contribution in [3.63, 3.8) is 0 Å². The number of benzene rings is 3. The topological polar surface area (TPSA) is 53.5 Å². The molecule has 4 aromatic rings. The van der Waals surface area contributed by atoms with E-state index in [-0.39, 0.29) is 18.2 Å². The number of halogens is 3. The minimum Gasteiger partial charge on any atom is -0.487 e. The first-order chi connectivity index (χ1) is 16.5. The Morgan fingerprint density at radius 3 is 1.79 bits per heavy atom. The average Bonchev–Trinajstić information content (AvgIpc) is 2.86. The van der Waals surface area contributed by atoms with Crippen molar-refractivity contribution in [1.82, 2.24) is 10.2 Å². The van der Waals surface area contributed by atoms with E-state index in [1.807, 2.05) is 60.7 Å². The molecule has 4 rings (SSSR count). The number of aromatic nitrogens is 2. The summed E-state index contributed by atoms with van der Waals surface area (Å²) < 4.78 is 55.6. The summed E-state index contributed by atoms with van der Waals surface area (Å²) in [6.45, 7) is 0.588. The SMILES string of the molecule is FC(F)(F)c1ccc(OCc2cc(OCc3ccccc3)c(OCc3ccccc3)nn2)cc1. The summed E-state index contributed by atoms with van der Waals surface area (Å²) in [5.41, 5.74) is 1.63. The molecule has 0 aliphatic rings. The molecule has 34 heavy (non-hydrogen) atoms. The molecule has 0 radical (unpaired) electrons. The summed E-state index contributed by atoms with van der Waals surface area (Å²) in [5.74, 6) is 0.907. The van der Waals surface area contributed by atoms with Crippen LogP contribution in [-0.2, 0) is 26.0 Å². The number of hydrogen-bond donors (Lipinski definition) is 0. The summed E-state index contributed by atoms with van der Waals surface area (Å²) in [4.78, 5) is 0. The number of rotatable bonds is 9. The van der Waals surface area contributed by atoms with Gasteiger partial charge in [0, 0.05) is 6.07 Å². The Bertz CT molecular complexity index is 1190. The van der Waals surface area contributed by atoms with Gasteiger partial charge in [-0.25, -0.2) is 0 Å². The molecular formula is C26H21F3N2O3. The van der Waals surface area contributed by atoms with Gasteiger partial charge in [0.15, 0.2) is 5.75 Å². The second-order valence-electron chi connectivity index (χ2n) is 7.36. The van der Waals surface area contributed by atoms with Crippen molar-refractivity contribution in [3.05, 3.63) is 113 Å². The van der Waals surface area contributed by atoms with Crippen LogP contribution in [0.25, 0.3) is 0 Å². The van der Waals surface area contributed by atoms with Crippen LogP contribution in [0.3, 0.4) is 0 Å². The molecule has 0 fully saturated rings. The van der Waals surface area contributed by atoms with Gasteiger partial charge in [-0.15, -0.1) is 10.2 Å². The van der Waals surface area contributed by atoms with E-state index in [9.17, 15) is 13.2 Å². The summed E-state index contributed by atoms with van der Waals surface area (Å²) in [6.07, 6.45) is -4.40. The van der Waals surface area contributed by atoms with E-state index >= 15 is 0 Å². The van der Waals surface area contributed by atoms with Crippen LogP contribution in [0.5, 0.6) is 17.4 Å². The van der Waals surface area contributed by atoms with Crippen molar-refractivity contribution in [1.29, 1.82) is 0 Å². The van der Waals surface area contributed by atoms with E-state index in [2.05, 4.69) is 10.2 Å². The van der Waals surface area contributed by atoms with Gasteiger partial charge in [0.1, 0.15) is 31.3 Å². The molecule has 0 aliphatic heterocycles. The van der Waals surface area contributed by atoms with Crippen molar-refractivity contribution < 1.29 is 27.4 Å². The van der Waals surface area contributed by atoms with Crippen molar-refractivity contribution in [2.45, 2.75) is 26.0 Å². The summed E-state index contributed by atoms with van der Waals surface area (Å²) in [6, 6.07) is 25.4. The van der Waals surface area contributed by atoms with Gasteiger partial charge in [-0.3, -0.25) is 0 Å². The Morgan fingerprint density at radius 1 is 0.618 bits per heavy atom. The van der Waals surface area contributed by atoms with E-state index in [4.69, 9.17) is 14.2 Å². The number of ether oxygens (including phenoxy) is 3. The lowest BCUT2D eigenvalue weighted by molar-refractivity contribution is -0.137. The average molecular weight is 466 g/mol. The number of hydrogen-bond acceptors (Lipinski definition) is 5. The smallest absolute Gasteiger partial charge is 0.416 e. The second-order valence-corrected chi connectivity index (χ2v) is 7.36. The highest BCUT2D eigenvalue weighted by atomic mass is 19.4. The third-order valence-electron chi connectivity index (χ3n) is 4.80. The Labute approximate surface area is 194 Å². The van der Waals surface area contributed by atoms with E-state index < -0.39 is 11.7 Å². The van der Waals surface area contributed by atoms with Crippen LogP contribution >= 0.6 is 0 Å². The van der Waals surface area contributed by atoms with Crippen LogP contribution in [0.2, 0.25) is 0 Å². The Kier molecular flexibility index (Phi) is 7.27. The van der Waals surface area contributed by atoms with Gasteiger partial charge in [0.2, 0.25) is 0 Å². The number of nitrogens with zero attached hydrogens (tertiary/aromatic N) is 2. The zero-order chi connectivity index (χ0) is 23.8. The van der Waals surface area contributed by atoms with Gasteiger partial charge in [0.05, 0.1) is 5.56 Å². The van der Waals surface area contributed by atoms with E-state index in [1.54, 1.807) is 6.07 Å². The molecule has 0 atom stereocenters. The molecule has 3 aromatic carbocycles. The van der Waals surface area contributed by atoms with E-state index in [1.165, 1.54) is 12.1 Å². The normalized spacial score (nSPS) is 11.1. The zero-order valence-electron chi connectivity index (χ0n) is 18.0. The van der Waals surface area contributed by atoms with Crippen LogP contribution in [0.15, 0.2) is 91.0 Å². The van der Waals surface area contributed by atoms with Crippen molar-refractivity contribution in [2.75, 3.05) is 0 Å². The Balaban J connectivity index is 1.46. The van der Waals surface area contributed by atoms with Gasteiger partial charge < -0.3 is 14.2 Å². The van der Waals surface area contributed by atoms with Gasteiger partial charge in [0.25, 0.3) is 5.88 Å². The van der Waals surface area contributed by atoms with E-state index in [0.717, 1.165) is 23.3 Å². The molecule has 1 aromatic heterocycles. The molecule has 0 saturated heterocycles. The highest BCUT2D eigenvalue weighted by molar-refractivity contribution is 5.35. The standard InChI is InChI=1S/C26H21F3N2O3/c27-26(28,29)21-11-13-23(14-12-21)32-18-22-15-24(33-16-19-7-3-1-4-8-19)25(31-30-22)34-17-20-9-5-2-6-10-20/h1-15H,16-18H2. The van der Waals surface area contributed by atoms with Gasteiger partial charge >= 0.3 is 6.18 Å². The molecule has 0 N–H and O–H groups in total. The largest absolute Gasteiger partial charge is 0.487 e. The molecule has 0 bridgehead atoms. The maximum absolute atomic E-state index is 12.7. The highest BCUT2D eigenvalue weighted by Gasteiger charge is 2.30. The van der Waals surface area contributed by atoms with Crippen LogP contribution < -0.4 is 14.2 Å². The monoisotopic (exact) mass is 466 g/mol. The number of alkyl halides is 3. The van der Waals surface area contributed by atoms with Crippen molar-refractivity contribution in [3.8, 4) is 17.4 Å². The molecule has 0 saturated carbocycles. The maximum Gasteiger partial charge on any atom is 0.416 e. The van der Waals surface area contributed by atoms with Gasteiger partial charge in [-0.05, 0) is 35.4 Å². The lowest BCUT2D eigenvalue weighted by atomic mass is 10.2. The first-order valence-electron chi connectivity index (χ1n) is 10.5.